The molecular formula is C14H14N2O3S. The minimum Gasteiger partial charge on any atom is -0.476 e. The Bertz CT molecular complexity index is 640. The van der Waals surface area contributed by atoms with Crippen LogP contribution in [0.15, 0.2) is 18.2 Å². The number of aromatic nitrogens is 1. The molecule has 2 N–H and O–H groups in total. The number of benzene rings is 1. The summed E-state index contributed by atoms with van der Waals surface area (Å²) in [6.45, 7) is 5.29. The predicted octanol–water partition coefficient (Wildman–Crippen LogP) is 3.40. The molecule has 2 rings (SSSR count). The lowest BCUT2D eigenvalue weighted by Crippen LogP contribution is -2.03. The van der Waals surface area contributed by atoms with E-state index in [2.05, 4.69) is 10.3 Å². The van der Waals surface area contributed by atoms with E-state index in [1.165, 1.54) is 6.92 Å². The Morgan fingerprint density at radius 1 is 1.20 bits per heavy atom. The highest BCUT2D eigenvalue weighted by Gasteiger charge is 2.20. The number of nitrogens with zero attached hydrogens (tertiary/aromatic N) is 1. The number of carboxylic acid groups (broad SMARTS) is 1. The Hall–Kier alpha value is -2.21. The summed E-state index contributed by atoms with van der Waals surface area (Å²) in [5, 5.41) is 12.5. The molecule has 0 fully saturated rings. The van der Waals surface area contributed by atoms with Gasteiger partial charge in [0.1, 0.15) is 4.88 Å². The van der Waals surface area contributed by atoms with Crippen LogP contribution in [0, 0.1) is 13.8 Å². The van der Waals surface area contributed by atoms with Crippen LogP contribution < -0.4 is 5.32 Å². The van der Waals surface area contributed by atoms with Crippen LogP contribution in [-0.4, -0.2) is 21.8 Å². The van der Waals surface area contributed by atoms with Gasteiger partial charge in [-0.05, 0) is 37.1 Å². The average Bonchev–Trinajstić information content (AvgIpc) is 2.71. The van der Waals surface area contributed by atoms with Gasteiger partial charge in [-0.1, -0.05) is 17.4 Å². The first-order valence-corrected chi connectivity index (χ1v) is 6.79. The van der Waals surface area contributed by atoms with Gasteiger partial charge in [0.25, 0.3) is 0 Å². The molecule has 1 heterocycles. The normalized spacial score (nSPS) is 10.3. The summed E-state index contributed by atoms with van der Waals surface area (Å²) >= 11 is 1.05. The molecule has 5 nitrogen and oxygen atoms in total. The van der Waals surface area contributed by atoms with E-state index >= 15 is 0 Å². The van der Waals surface area contributed by atoms with Crippen LogP contribution in [0.25, 0.3) is 0 Å². The van der Waals surface area contributed by atoms with Gasteiger partial charge in [-0.15, -0.1) is 0 Å². The third-order valence-corrected chi connectivity index (χ3v) is 3.69. The van der Waals surface area contributed by atoms with Crippen LogP contribution >= 0.6 is 11.3 Å². The Labute approximate surface area is 120 Å². The van der Waals surface area contributed by atoms with Crippen molar-refractivity contribution in [3.05, 3.63) is 39.9 Å². The topological polar surface area (TPSA) is 79.3 Å². The van der Waals surface area contributed by atoms with Gasteiger partial charge in [-0.2, -0.15) is 0 Å². The predicted molar refractivity (Wildman–Crippen MR) is 78.3 cm³/mol. The molecular weight excluding hydrogens is 276 g/mol. The minimum absolute atomic E-state index is 0.157. The van der Waals surface area contributed by atoms with Gasteiger partial charge < -0.3 is 10.4 Å². The molecule has 0 amide bonds. The fourth-order valence-electron chi connectivity index (χ4n) is 1.93. The molecule has 20 heavy (non-hydrogen) atoms. The third-order valence-electron chi connectivity index (χ3n) is 2.62. The highest BCUT2D eigenvalue weighted by Crippen LogP contribution is 2.27. The first-order valence-electron chi connectivity index (χ1n) is 5.97. The SMILES string of the molecule is CC(=O)c1sc(Nc2cc(C)cc(C)c2)nc1C(=O)O. The summed E-state index contributed by atoms with van der Waals surface area (Å²) in [6.07, 6.45) is 0. The van der Waals surface area contributed by atoms with E-state index in [9.17, 15) is 9.59 Å². The number of thiazole rings is 1. The van der Waals surface area contributed by atoms with Crippen molar-refractivity contribution in [2.24, 2.45) is 0 Å². The summed E-state index contributed by atoms with van der Waals surface area (Å²) in [4.78, 5) is 26.6. The third kappa shape index (κ3) is 3.03. The number of carbonyl (C=O) groups excluding carboxylic acids is 1. The molecule has 6 heteroatoms. The molecule has 2 aromatic rings. The lowest BCUT2D eigenvalue weighted by atomic mass is 10.1. The molecule has 0 saturated carbocycles. The maximum atomic E-state index is 11.4. The second-order valence-corrected chi connectivity index (χ2v) is 5.56. The number of hydrogen-bond donors (Lipinski definition) is 2. The molecule has 0 bridgehead atoms. The van der Waals surface area contributed by atoms with Crippen molar-refractivity contribution < 1.29 is 14.7 Å². The monoisotopic (exact) mass is 290 g/mol. The number of anilines is 2. The minimum atomic E-state index is -1.19. The first-order chi connectivity index (χ1) is 9.36. The number of Topliss-reactive ketones (excluding diaryl/α,β-unsaturated/α-hetero) is 1. The molecule has 0 aliphatic heterocycles. The van der Waals surface area contributed by atoms with Gasteiger partial charge in [0.15, 0.2) is 16.6 Å². The molecule has 0 aliphatic rings. The van der Waals surface area contributed by atoms with Crippen LogP contribution in [0.3, 0.4) is 0 Å². The smallest absolute Gasteiger partial charge is 0.356 e. The van der Waals surface area contributed by atoms with Gasteiger partial charge in [0.05, 0.1) is 0 Å². The van der Waals surface area contributed by atoms with Crippen molar-refractivity contribution in [1.82, 2.24) is 4.98 Å². The summed E-state index contributed by atoms with van der Waals surface area (Å²) in [5.74, 6) is -1.49. The maximum absolute atomic E-state index is 11.4. The van der Waals surface area contributed by atoms with Gasteiger partial charge >= 0.3 is 5.97 Å². The number of carboxylic acids is 1. The number of aromatic carboxylic acids is 1. The Morgan fingerprint density at radius 3 is 2.25 bits per heavy atom. The molecule has 1 aromatic carbocycles. The Balaban J connectivity index is 2.36. The molecule has 104 valence electrons. The summed E-state index contributed by atoms with van der Waals surface area (Å²) < 4.78 is 0. The van der Waals surface area contributed by atoms with Gasteiger partial charge in [-0.3, -0.25) is 4.79 Å². The van der Waals surface area contributed by atoms with E-state index < -0.39 is 5.97 Å². The van der Waals surface area contributed by atoms with Crippen LogP contribution in [0.1, 0.15) is 38.2 Å². The van der Waals surface area contributed by atoms with Crippen LogP contribution in [0.4, 0.5) is 10.8 Å². The van der Waals surface area contributed by atoms with Gasteiger partial charge in [0.2, 0.25) is 0 Å². The average molecular weight is 290 g/mol. The van der Waals surface area contributed by atoms with E-state index in [4.69, 9.17) is 5.11 Å². The molecule has 0 radical (unpaired) electrons. The summed E-state index contributed by atoms with van der Waals surface area (Å²) in [6, 6.07) is 5.90. The zero-order valence-electron chi connectivity index (χ0n) is 11.4. The Kier molecular flexibility index (Phi) is 3.85. The second-order valence-electron chi connectivity index (χ2n) is 4.56. The number of hydrogen-bond acceptors (Lipinski definition) is 5. The van der Waals surface area contributed by atoms with Crippen molar-refractivity contribution in [2.75, 3.05) is 5.32 Å². The van der Waals surface area contributed by atoms with Crippen molar-refractivity contribution in [1.29, 1.82) is 0 Å². The first kappa shape index (κ1) is 14.2. The maximum Gasteiger partial charge on any atom is 0.356 e. The molecule has 0 aliphatic carbocycles. The number of carbonyl (C=O) groups is 2. The lowest BCUT2D eigenvalue weighted by Gasteiger charge is -2.05. The van der Waals surface area contributed by atoms with E-state index in [0.29, 0.717) is 5.13 Å². The number of rotatable bonds is 4. The highest BCUT2D eigenvalue weighted by atomic mass is 32.1. The molecule has 0 saturated heterocycles. The van der Waals surface area contributed by atoms with Crippen molar-refractivity contribution in [3.8, 4) is 0 Å². The number of aryl methyl sites for hydroxylation is 2. The fraction of sp³-hybridized carbons (Fsp3) is 0.214. The van der Waals surface area contributed by atoms with Gasteiger partial charge in [-0.25, -0.2) is 9.78 Å². The van der Waals surface area contributed by atoms with Crippen molar-refractivity contribution in [3.63, 3.8) is 0 Å². The second kappa shape index (κ2) is 5.42. The number of nitrogens with one attached hydrogen (secondary N) is 1. The van der Waals surface area contributed by atoms with Crippen LogP contribution in [-0.2, 0) is 0 Å². The molecule has 0 atom stereocenters. The zero-order chi connectivity index (χ0) is 14.9. The molecule has 0 unspecified atom stereocenters. The fourth-order valence-corrected chi connectivity index (χ4v) is 2.80. The summed E-state index contributed by atoms with van der Waals surface area (Å²) in [5.41, 5.74) is 2.81. The van der Waals surface area contributed by atoms with E-state index in [0.717, 1.165) is 28.2 Å². The molecule has 0 spiro atoms. The highest BCUT2D eigenvalue weighted by molar-refractivity contribution is 7.17. The van der Waals surface area contributed by atoms with Crippen molar-refractivity contribution >= 4 is 33.9 Å². The van der Waals surface area contributed by atoms with Crippen molar-refractivity contribution in [2.45, 2.75) is 20.8 Å². The van der Waals surface area contributed by atoms with E-state index in [1.807, 2.05) is 32.0 Å². The standard InChI is InChI=1S/C14H14N2O3S/c1-7-4-8(2)6-10(5-7)15-14-16-11(13(18)19)12(20-14)9(3)17/h4-6H,1-3H3,(H,15,16)(H,18,19). The number of ketones is 1. The van der Waals surface area contributed by atoms with Gasteiger partial charge in [0, 0.05) is 12.6 Å². The quantitative estimate of drug-likeness (QED) is 0.844. The zero-order valence-corrected chi connectivity index (χ0v) is 12.2. The molecule has 1 aromatic heterocycles. The van der Waals surface area contributed by atoms with Crippen LogP contribution in [0.5, 0.6) is 0 Å². The van der Waals surface area contributed by atoms with E-state index in [-0.39, 0.29) is 16.4 Å². The lowest BCUT2D eigenvalue weighted by molar-refractivity contribution is 0.0687. The van der Waals surface area contributed by atoms with Crippen LogP contribution in [0.2, 0.25) is 0 Å². The Morgan fingerprint density at radius 2 is 1.80 bits per heavy atom. The largest absolute Gasteiger partial charge is 0.476 e. The van der Waals surface area contributed by atoms with E-state index in [1.54, 1.807) is 0 Å². The summed E-state index contributed by atoms with van der Waals surface area (Å²) in [7, 11) is 0.